The van der Waals surface area contributed by atoms with Gasteiger partial charge in [0.15, 0.2) is 0 Å². The molecule has 0 radical (unpaired) electrons. The molecule has 0 fully saturated rings. The van der Waals surface area contributed by atoms with Gasteiger partial charge >= 0.3 is 41.5 Å². The fourth-order valence-corrected chi connectivity index (χ4v) is 0.303. The third kappa shape index (κ3) is 1.78. The molecule has 0 unspecified atom stereocenters. The summed E-state index contributed by atoms with van der Waals surface area (Å²) in [6, 6.07) is 0. The summed E-state index contributed by atoms with van der Waals surface area (Å²) in [5, 5.41) is 0. The van der Waals surface area contributed by atoms with Crippen molar-refractivity contribution in [3.05, 3.63) is 12.2 Å². The van der Waals surface area contributed by atoms with E-state index in [1.54, 1.807) is 0 Å². The molecular weight excluding hydrogens is 119 g/mol. The van der Waals surface area contributed by atoms with Gasteiger partial charge in [-0.2, -0.15) is 0 Å². The quantitative estimate of drug-likeness (QED) is 0.234. The molecule has 0 saturated carbocycles. The van der Waals surface area contributed by atoms with E-state index >= 15 is 0 Å². The van der Waals surface area contributed by atoms with Crippen LogP contribution in [0, 0.1) is 0 Å². The first-order valence-electron chi connectivity index (χ1n) is 1.73. The molecule has 0 amide bonds. The number of hydrogen-bond donors (Lipinski definition) is 0. The first-order chi connectivity index (χ1) is 3.29. The Morgan fingerprint density at radius 2 is 1.50 bits per heavy atom. The fourth-order valence-electron chi connectivity index (χ4n) is 0.303. The summed E-state index contributed by atoms with van der Waals surface area (Å²) in [7, 11) is 0. The van der Waals surface area contributed by atoms with E-state index in [0.717, 1.165) is 12.2 Å². The van der Waals surface area contributed by atoms with Crippen molar-refractivity contribution in [1.82, 2.24) is 0 Å². The van der Waals surface area contributed by atoms with Gasteiger partial charge in [0.1, 0.15) is 0 Å². The SMILES string of the molecule is O=C1C=CC(=O)O1.[NaH]. The van der Waals surface area contributed by atoms with Crippen molar-refractivity contribution < 1.29 is 14.3 Å². The second kappa shape index (κ2) is 3.02. The molecule has 0 spiro atoms. The van der Waals surface area contributed by atoms with Crippen LogP contribution in [0.25, 0.3) is 0 Å². The van der Waals surface area contributed by atoms with Gasteiger partial charge < -0.3 is 4.74 Å². The van der Waals surface area contributed by atoms with Crippen LogP contribution in [-0.4, -0.2) is 41.5 Å². The molecule has 0 aromatic heterocycles. The van der Waals surface area contributed by atoms with E-state index in [-0.39, 0.29) is 29.6 Å². The van der Waals surface area contributed by atoms with Gasteiger partial charge in [0.25, 0.3) is 0 Å². The molecule has 0 saturated heterocycles. The predicted octanol–water partition coefficient (Wildman–Crippen LogP) is -1.02. The van der Waals surface area contributed by atoms with Crippen LogP contribution in [0.15, 0.2) is 12.2 Å². The summed E-state index contributed by atoms with van der Waals surface area (Å²) in [6.07, 6.45) is 2.17. The number of hydrogen-bond acceptors (Lipinski definition) is 3. The Balaban J connectivity index is 0.000000490. The summed E-state index contributed by atoms with van der Waals surface area (Å²) >= 11 is 0. The van der Waals surface area contributed by atoms with Crippen molar-refractivity contribution in [3.63, 3.8) is 0 Å². The molecular formula is C4H3NaO3. The average Bonchev–Trinajstić information content (AvgIpc) is 1.87. The molecule has 0 N–H and O–H groups in total. The van der Waals surface area contributed by atoms with Crippen LogP contribution in [-0.2, 0) is 14.3 Å². The van der Waals surface area contributed by atoms with Gasteiger partial charge in [-0.3, -0.25) is 0 Å². The first-order valence-corrected chi connectivity index (χ1v) is 1.73. The second-order valence-corrected chi connectivity index (χ2v) is 1.07. The number of carbonyl (C=O) groups is 2. The summed E-state index contributed by atoms with van der Waals surface area (Å²) in [5.74, 6) is -1.16. The zero-order chi connectivity index (χ0) is 5.28. The van der Waals surface area contributed by atoms with E-state index in [9.17, 15) is 9.59 Å². The minimum atomic E-state index is -0.579. The Labute approximate surface area is 68.0 Å². The van der Waals surface area contributed by atoms with E-state index in [0.29, 0.717) is 0 Å². The van der Waals surface area contributed by atoms with Gasteiger partial charge in [-0.1, -0.05) is 0 Å². The molecule has 1 rings (SSSR count). The zero-order valence-corrected chi connectivity index (χ0v) is 3.38. The van der Waals surface area contributed by atoms with Crippen LogP contribution in [0.1, 0.15) is 0 Å². The van der Waals surface area contributed by atoms with Crippen molar-refractivity contribution in [2.24, 2.45) is 0 Å². The van der Waals surface area contributed by atoms with Crippen molar-refractivity contribution in [2.75, 3.05) is 0 Å². The van der Waals surface area contributed by atoms with Crippen LogP contribution >= 0.6 is 0 Å². The Morgan fingerprint density at radius 1 is 1.12 bits per heavy atom. The first kappa shape index (κ1) is 7.88. The van der Waals surface area contributed by atoms with E-state index in [2.05, 4.69) is 4.74 Å². The predicted molar refractivity (Wildman–Crippen MR) is 27.4 cm³/mol. The molecule has 38 valence electrons. The molecule has 0 bridgehead atoms. The standard InChI is InChI=1S/C4H2O3.Na.H/c5-3-1-2-4(6)7-3;;/h1-2H;;. The number of esters is 2. The zero-order valence-electron chi connectivity index (χ0n) is 3.38. The maximum atomic E-state index is 9.92. The number of carbonyl (C=O) groups excluding carboxylic acids is 2. The van der Waals surface area contributed by atoms with Gasteiger partial charge in [0.05, 0.1) is 0 Å². The Kier molecular flexibility index (Phi) is 2.97. The average molecular weight is 122 g/mol. The van der Waals surface area contributed by atoms with E-state index in [4.69, 9.17) is 0 Å². The molecule has 8 heavy (non-hydrogen) atoms. The molecule has 0 aromatic carbocycles. The summed E-state index contributed by atoms with van der Waals surface area (Å²) in [5.41, 5.74) is 0. The molecule has 1 heterocycles. The van der Waals surface area contributed by atoms with Crippen molar-refractivity contribution >= 4 is 41.5 Å². The van der Waals surface area contributed by atoms with E-state index < -0.39 is 11.9 Å². The Bertz CT molecular complexity index is 133. The van der Waals surface area contributed by atoms with E-state index in [1.165, 1.54) is 0 Å². The van der Waals surface area contributed by atoms with Crippen molar-refractivity contribution in [2.45, 2.75) is 0 Å². The third-order valence-corrected chi connectivity index (χ3v) is 0.557. The summed E-state index contributed by atoms with van der Waals surface area (Å²) in [4.78, 5) is 19.8. The van der Waals surface area contributed by atoms with Crippen molar-refractivity contribution in [3.8, 4) is 0 Å². The number of cyclic esters (lactones) is 2. The van der Waals surface area contributed by atoms with Gasteiger partial charge in [-0.25, -0.2) is 9.59 Å². The molecule has 1 aliphatic heterocycles. The molecule has 0 atom stereocenters. The Hall–Kier alpha value is -0.120. The molecule has 0 aromatic rings. The molecule has 3 nitrogen and oxygen atoms in total. The molecule has 4 heteroatoms. The third-order valence-electron chi connectivity index (χ3n) is 0.557. The van der Waals surface area contributed by atoms with Crippen LogP contribution in [0.4, 0.5) is 0 Å². The minimum absolute atomic E-state index is 0. The summed E-state index contributed by atoms with van der Waals surface area (Å²) in [6.45, 7) is 0. The summed E-state index contributed by atoms with van der Waals surface area (Å²) < 4.78 is 3.97. The monoisotopic (exact) mass is 122 g/mol. The topological polar surface area (TPSA) is 43.4 Å². The van der Waals surface area contributed by atoms with Gasteiger partial charge in [0.2, 0.25) is 0 Å². The molecule has 0 aliphatic carbocycles. The number of ether oxygens (including phenoxy) is 1. The number of rotatable bonds is 0. The maximum absolute atomic E-state index is 9.92. The van der Waals surface area contributed by atoms with Crippen LogP contribution < -0.4 is 0 Å². The normalized spacial score (nSPS) is 15.5. The van der Waals surface area contributed by atoms with Gasteiger partial charge in [-0.05, 0) is 0 Å². The van der Waals surface area contributed by atoms with Crippen LogP contribution in [0.2, 0.25) is 0 Å². The van der Waals surface area contributed by atoms with Crippen LogP contribution in [0.5, 0.6) is 0 Å². The Morgan fingerprint density at radius 3 is 1.62 bits per heavy atom. The fraction of sp³-hybridized carbons (Fsp3) is 0. The van der Waals surface area contributed by atoms with Gasteiger partial charge in [0, 0.05) is 12.2 Å². The molecule has 1 aliphatic rings. The van der Waals surface area contributed by atoms with E-state index in [1.807, 2.05) is 0 Å². The van der Waals surface area contributed by atoms with Crippen molar-refractivity contribution in [1.29, 1.82) is 0 Å². The van der Waals surface area contributed by atoms with Crippen LogP contribution in [0.3, 0.4) is 0 Å². The van der Waals surface area contributed by atoms with Gasteiger partial charge in [-0.15, -0.1) is 0 Å². The second-order valence-electron chi connectivity index (χ2n) is 1.07.